The van der Waals surface area contributed by atoms with Crippen LogP contribution in [-0.4, -0.2) is 43.9 Å². The van der Waals surface area contributed by atoms with Gasteiger partial charge < -0.3 is 4.74 Å². The minimum absolute atomic E-state index is 0.0796. The third-order valence-corrected chi connectivity index (χ3v) is 6.58. The zero-order valence-corrected chi connectivity index (χ0v) is 15.7. The average molecular weight is 438 g/mol. The summed E-state index contributed by atoms with van der Waals surface area (Å²) in [7, 11) is -3.81. The maximum Gasteiger partial charge on any atom is 0.246 e. The second-order valence-electron chi connectivity index (χ2n) is 4.74. The maximum atomic E-state index is 12.8. The molecule has 2 unspecified atom stereocenters. The number of sulfonamides is 1. The van der Waals surface area contributed by atoms with Gasteiger partial charge in [-0.3, -0.25) is 0 Å². The second kappa shape index (κ2) is 6.91. The van der Waals surface area contributed by atoms with Crippen molar-refractivity contribution < 1.29 is 13.2 Å². The number of nitrogens with zero attached hydrogens (tertiary/aromatic N) is 1. The van der Waals surface area contributed by atoms with Crippen LogP contribution in [0.25, 0.3) is 0 Å². The van der Waals surface area contributed by atoms with E-state index in [9.17, 15) is 8.42 Å². The van der Waals surface area contributed by atoms with Crippen LogP contribution in [0.1, 0.15) is 6.92 Å². The second-order valence-corrected chi connectivity index (χ2v) is 8.66. The molecule has 1 saturated heterocycles. The molecule has 21 heavy (non-hydrogen) atoms. The zero-order valence-electron chi connectivity index (χ0n) is 11.0. The molecule has 9 heteroatoms. The minimum atomic E-state index is -3.81. The predicted octanol–water partition coefficient (Wildman–Crippen LogP) is 3.77. The predicted molar refractivity (Wildman–Crippen MR) is 88.0 cm³/mol. The Kier molecular flexibility index (Phi) is 5.85. The lowest BCUT2D eigenvalue weighted by atomic mass is 10.3. The fourth-order valence-corrected chi connectivity index (χ4v) is 5.79. The lowest BCUT2D eigenvalue weighted by Gasteiger charge is -2.35. The Hall–Kier alpha value is 0.440. The summed E-state index contributed by atoms with van der Waals surface area (Å²) in [5.41, 5.74) is 0. The van der Waals surface area contributed by atoms with Crippen molar-refractivity contribution in [1.29, 1.82) is 0 Å². The van der Waals surface area contributed by atoms with Gasteiger partial charge in [-0.25, -0.2) is 8.42 Å². The smallest absolute Gasteiger partial charge is 0.246 e. The molecule has 0 bridgehead atoms. The average Bonchev–Trinajstić information content (AvgIpc) is 2.36. The van der Waals surface area contributed by atoms with E-state index in [0.717, 1.165) is 0 Å². The number of morpholine rings is 1. The van der Waals surface area contributed by atoms with Crippen LogP contribution in [0.4, 0.5) is 0 Å². The summed E-state index contributed by atoms with van der Waals surface area (Å²) >= 11 is 21.1. The Morgan fingerprint density at radius 3 is 2.43 bits per heavy atom. The normalized spacial score (nSPS) is 24.2. The summed E-state index contributed by atoms with van der Waals surface area (Å²) in [5.74, 6) is 0.220. The molecule has 1 aliphatic rings. The maximum absolute atomic E-state index is 12.8. The molecule has 1 aromatic rings. The third-order valence-electron chi connectivity index (χ3n) is 3.03. The van der Waals surface area contributed by atoms with Crippen molar-refractivity contribution >= 4 is 60.8 Å². The van der Waals surface area contributed by atoms with E-state index < -0.39 is 10.0 Å². The van der Waals surface area contributed by atoms with Gasteiger partial charge in [0.15, 0.2) is 0 Å². The van der Waals surface area contributed by atoms with E-state index in [-0.39, 0.29) is 46.1 Å². The first-order chi connectivity index (χ1) is 9.75. The summed E-state index contributed by atoms with van der Waals surface area (Å²) in [4.78, 5) is -0.0866. The van der Waals surface area contributed by atoms with Crippen molar-refractivity contribution in [3.8, 4) is 0 Å². The van der Waals surface area contributed by atoms with Gasteiger partial charge in [0, 0.05) is 23.4 Å². The van der Waals surface area contributed by atoms with Crippen LogP contribution in [0.3, 0.4) is 0 Å². The number of alkyl halides is 1. The molecule has 1 fully saturated rings. The van der Waals surface area contributed by atoms with Crippen LogP contribution in [0.15, 0.2) is 21.5 Å². The van der Waals surface area contributed by atoms with Crippen LogP contribution in [0, 0.1) is 0 Å². The van der Waals surface area contributed by atoms with Crippen molar-refractivity contribution in [1.82, 2.24) is 4.31 Å². The van der Waals surface area contributed by atoms with Crippen LogP contribution < -0.4 is 0 Å². The monoisotopic (exact) mass is 435 g/mol. The van der Waals surface area contributed by atoms with Crippen LogP contribution in [0.2, 0.25) is 10.0 Å². The number of rotatable bonds is 3. The Bertz CT molecular complexity index is 618. The van der Waals surface area contributed by atoms with Gasteiger partial charge in [0.05, 0.1) is 22.3 Å². The highest BCUT2D eigenvalue weighted by Crippen LogP contribution is 2.35. The first kappa shape index (κ1) is 17.8. The van der Waals surface area contributed by atoms with Gasteiger partial charge in [0.1, 0.15) is 4.90 Å². The van der Waals surface area contributed by atoms with Crippen molar-refractivity contribution in [3.05, 3.63) is 26.7 Å². The van der Waals surface area contributed by atoms with Gasteiger partial charge in [-0.2, -0.15) is 4.31 Å². The first-order valence-electron chi connectivity index (χ1n) is 6.11. The lowest BCUT2D eigenvalue weighted by Crippen LogP contribution is -2.49. The highest BCUT2D eigenvalue weighted by Gasteiger charge is 2.36. The summed E-state index contributed by atoms with van der Waals surface area (Å²) in [6, 6.07) is 3.01. The third kappa shape index (κ3) is 3.86. The van der Waals surface area contributed by atoms with E-state index >= 15 is 0 Å². The quantitative estimate of drug-likeness (QED) is 0.677. The SMILES string of the molecule is CC1CN(S(=O)(=O)c2c(Cl)cc(Br)cc2Cl)CC(CCl)O1. The summed E-state index contributed by atoms with van der Waals surface area (Å²) < 4.78 is 33.1. The largest absolute Gasteiger partial charge is 0.371 e. The van der Waals surface area contributed by atoms with Gasteiger partial charge in [0.25, 0.3) is 0 Å². The van der Waals surface area contributed by atoms with Gasteiger partial charge in [-0.1, -0.05) is 39.1 Å². The summed E-state index contributed by atoms with van der Waals surface area (Å²) in [6.07, 6.45) is -0.594. The molecule has 2 atom stereocenters. The highest BCUT2D eigenvalue weighted by molar-refractivity contribution is 9.10. The van der Waals surface area contributed by atoms with Gasteiger partial charge in [-0.15, -0.1) is 11.6 Å². The minimum Gasteiger partial charge on any atom is -0.371 e. The number of benzene rings is 1. The molecule has 0 aliphatic carbocycles. The van der Waals surface area contributed by atoms with Gasteiger partial charge >= 0.3 is 0 Å². The molecule has 0 amide bonds. The zero-order chi connectivity index (χ0) is 15.8. The number of hydrogen-bond donors (Lipinski definition) is 0. The van der Waals surface area contributed by atoms with Gasteiger partial charge in [0.2, 0.25) is 10.0 Å². The number of ether oxygens (including phenoxy) is 1. The van der Waals surface area contributed by atoms with Crippen molar-refractivity contribution in [3.63, 3.8) is 0 Å². The molecular formula is C12H13BrCl3NO3S. The molecular weight excluding hydrogens is 424 g/mol. The van der Waals surface area contributed by atoms with E-state index in [4.69, 9.17) is 39.5 Å². The fourth-order valence-electron chi connectivity index (χ4n) is 2.19. The first-order valence-corrected chi connectivity index (χ1v) is 9.64. The molecule has 0 N–H and O–H groups in total. The molecule has 1 heterocycles. The van der Waals surface area contributed by atoms with E-state index in [1.54, 1.807) is 6.92 Å². The molecule has 0 radical (unpaired) electrons. The van der Waals surface area contributed by atoms with Gasteiger partial charge in [-0.05, 0) is 19.1 Å². The molecule has 4 nitrogen and oxygen atoms in total. The van der Waals surface area contributed by atoms with Crippen LogP contribution in [0.5, 0.6) is 0 Å². The Morgan fingerprint density at radius 2 is 1.90 bits per heavy atom. The molecule has 0 aromatic heterocycles. The molecule has 0 spiro atoms. The standard InChI is InChI=1S/C12H13BrCl3NO3S/c1-7-5-17(6-9(4-14)20-7)21(18,19)12-10(15)2-8(13)3-11(12)16/h2-3,7,9H,4-6H2,1H3. The fraction of sp³-hybridized carbons (Fsp3) is 0.500. The van der Waals surface area contributed by atoms with Crippen LogP contribution >= 0.6 is 50.7 Å². The summed E-state index contributed by atoms with van der Waals surface area (Å²) in [5, 5.41) is 0.159. The van der Waals surface area contributed by atoms with E-state index in [0.29, 0.717) is 4.47 Å². The number of hydrogen-bond acceptors (Lipinski definition) is 3. The summed E-state index contributed by atoms with van der Waals surface area (Å²) in [6.45, 7) is 2.21. The van der Waals surface area contributed by atoms with Crippen molar-refractivity contribution in [2.24, 2.45) is 0 Å². The van der Waals surface area contributed by atoms with Crippen molar-refractivity contribution in [2.75, 3.05) is 19.0 Å². The molecule has 1 aliphatic heterocycles. The molecule has 2 rings (SSSR count). The van der Waals surface area contributed by atoms with E-state index in [1.165, 1.54) is 16.4 Å². The number of halogens is 4. The van der Waals surface area contributed by atoms with E-state index in [1.807, 2.05) is 0 Å². The van der Waals surface area contributed by atoms with Crippen molar-refractivity contribution in [2.45, 2.75) is 24.0 Å². The van der Waals surface area contributed by atoms with Crippen LogP contribution in [-0.2, 0) is 14.8 Å². The molecule has 1 aromatic carbocycles. The Morgan fingerprint density at radius 1 is 1.33 bits per heavy atom. The Labute approximate surface area is 147 Å². The van der Waals surface area contributed by atoms with E-state index in [2.05, 4.69) is 15.9 Å². The highest BCUT2D eigenvalue weighted by atomic mass is 79.9. The topological polar surface area (TPSA) is 46.6 Å². The molecule has 118 valence electrons. The molecule has 0 saturated carbocycles. The Balaban J connectivity index is 2.43. The lowest BCUT2D eigenvalue weighted by molar-refractivity contribution is -0.0423.